The van der Waals surface area contributed by atoms with Crippen LogP contribution < -0.4 is 0 Å². The Balaban J connectivity index is 1.22. The molecular formula is C47H35N3O. The fraction of sp³-hybridized carbons (Fsp3) is 0.0851. The van der Waals surface area contributed by atoms with Crippen LogP contribution in [0.25, 0.3) is 79.1 Å². The Morgan fingerprint density at radius 3 is 2.22 bits per heavy atom. The van der Waals surface area contributed by atoms with Gasteiger partial charge in [-0.3, -0.25) is 0 Å². The van der Waals surface area contributed by atoms with Crippen LogP contribution in [0.5, 0.6) is 0 Å². The molecule has 0 spiro atoms. The van der Waals surface area contributed by atoms with E-state index in [2.05, 4.69) is 153 Å². The van der Waals surface area contributed by atoms with Gasteiger partial charge in [-0.25, -0.2) is 15.0 Å². The Morgan fingerprint density at radius 2 is 1.35 bits per heavy atom. The Bertz CT molecular complexity index is 2630. The summed E-state index contributed by atoms with van der Waals surface area (Å²) in [6.07, 6.45) is 9.50. The molecule has 4 heteroatoms. The molecule has 1 atom stereocenters. The van der Waals surface area contributed by atoms with E-state index in [1.54, 1.807) is 0 Å². The molecule has 0 amide bonds. The fourth-order valence-corrected chi connectivity index (χ4v) is 7.38. The summed E-state index contributed by atoms with van der Waals surface area (Å²) in [4.78, 5) is 15.6. The number of furan rings is 1. The monoisotopic (exact) mass is 657 g/mol. The summed E-state index contributed by atoms with van der Waals surface area (Å²) in [6.45, 7) is 4.24. The molecule has 0 N–H and O–H groups in total. The molecule has 2 heterocycles. The van der Waals surface area contributed by atoms with Crippen molar-refractivity contribution in [2.24, 2.45) is 0 Å². The zero-order valence-corrected chi connectivity index (χ0v) is 28.5. The number of hydrogen-bond donors (Lipinski definition) is 0. The number of benzene rings is 6. The van der Waals surface area contributed by atoms with Crippen molar-refractivity contribution < 1.29 is 4.42 Å². The molecule has 0 fully saturated rings. The van der Waals surface area contributed by atoms with Gasteiger partial charge in [-0.2, -0.15) is 0 Å². The minimum Gasteiger partial charge on any atom is -0.455 e. The van der Waals surface area contributed by atoms with E-state index < -0.39 is 0 Å². The maximum absolute atomic E-state index is 6.60. The zero-order chi connectivity index (χ0) is 34.3. The molecule has 0 saturated heterocycles. The molecule has 0 radical (unpaired) electrons. The lowest BCUT2D eigenvalue weighted by Gasteiger charge is -2.19. The summed E-state index contributed by atoms with van der Waals surface area (Å²) in [5.41, 5.74) is 13.1. The van der Waals surface area contributed by atoms with E-state index in [4.69, 9.17) is 19.4 Å². The van der Waals surface area contributed by atoms with Gasteiger partial charge in [-0.1, -0.05) is 140 Å². The highest BCUT2D eigenvalue weighted by atomic mass is 16.3. The van der Waals surface area contributed by atoms with Crippen LogP contribution in [0.3, 0.4) is 0 Å². The van der Waals surface area contributed by atoms with E-state index in [1.807, 2.05) is 18.2 Å². The fourth-order valence-electron chi connectivity index (χ4n) is 7.38. The first kappa shape index (κ1) is 30.7. The molecule has 6 aromatic carbocycles. The van der Waals surface area contributed by atoms with Crippen molar-refractivity contribution in [2.75, 3.05) is 0 Å². The molecular weight excluding hydrogens is 623 g/mol. The smallest absolute Gasteiger partial charge is 0.164 e. The van der Waals surface area contributed by atoms with Crippen LogP contribution in [-0.4, -0.2) is 15.0 Å². The number of para-hydroxylation sites is 1. The lowest BCUT2D eigenvalue weighted by atomic mass is 9.89. The highest BCUT2D eigenvalue weighted by molar-refractivity contribution is 6.15. The SMILES string of the molecule is C/C=C\c1cccc(-c2ccc(-c3nc(-c4ccc(-c5ccccc5)c5oc6ccccc6c45)nc(C4C=Cc5ccccc5C4)n3)cc2)c1C. The first-order valence-corrected chi connectivity index (χ1v) is 17.5. The number of nitrogens with zero attached hydrogens (tertiary/aromatic N) is 3. The van der Waals surface area contributed by atoms with Gasteiger partial charge in [0, 0.05) is 33.4 Å². The van der Waals surface area contributed by atoms with Crippen LogP contribution in [0.4, 0.5) is 0 Å². The zero-order valence-electron chi connectivity index (χ0n) is 28.5. The van der Waals surface area contributed by atoms with Crippen molar-refractivity contribution in [1.29, 1.82) is 0 Å². The average molecular weight is 658 g/mol. The van der Waals surface area contributed by atoms with E-state index in [0.29, 0.717) is 11.6 Å². The summed E-state index contributed by atoms with van der Waals surface area (Å²) in [6, 6.07) is 46.5. The van der Waals surface area contributed by atoms with E-state index >= 15 is 0 Å². The first-order chi connectivity index (χ1) is 25.1. The van der Waals surface area contributed by atoms with Crippen LogP contribution in [0.1, 0.15) is 40.9 Å². The van der Waals surface area contributed by atoms with E-state index in [0.717, 1.165) is 62.0 Å². The maximum Gasteiger partial charge on any atom is 0.164 e. The quantitative estimate of drug-likeness (QED) is 0.179. The van der Waals surface area contributed by atoms with Gasteiger partial charge in [-0.05, 0) is 77.4 Å². The van der Waals surface area contributed by atoms with Crippen molar-refractivity contribution in [2.45, 2.75) is 26.2 Å². The molecule has 51 heavy (non-hydrogen) atoms. The molecule has 4 nitrogen and oxygen atoms in total. The summed E-state index contributed by atoms with van der Waals surface area (Å²) in [7, 11) is 0. The van der Waals surface area contributed by atoms with Crippen LogP contribution in [0.2, 0.25) is 0 Å². The van der Waals surface area contributed by atoms with Crippen molar-refractivity contribution in [1.82, 2.24) is 15.0 Å². The van der Waals surface area contributed by atoms with Gasteiger partial charge in [0.05, 0.1) is 0 Å². The summed E-state index contributed by atoms with van der Waals surface area (Å²) < 4.78 is 6.60. The number of allylic oxidation sites excluding steroid dienone is 2. The number of fused-ring (bicyclic) bond motifs is 4. The lowest BCUT2D eigenvalue weighted by Crippen LogP contribution is -2.12. The highest BCUT2D eigenvalue weighted by Crippen LogP contribution is 2.42. The van der Waals surface area contributed by atoms with Crippen LogP contribution in [0, 0.1) is 6.92 Å². The molecule has 8 aromatic rings. The molecule has 0 saturated carbocycles. The molecule has 2 aromatic heterocycles. The Kier molecular flexibility index (Phi) is 7.70. The third-order valence-electron chi connectivity index (χ3n) is 10.0. The number of rotatable bonds is 6. The van der Waals surface area contributed by atoms with E-state index in [1.165, 1.54) is 27.8 Å². The van der Waals surface area contributed by atoms with Crippen molar-refractivity contribution in [3.8, 4) is 45.0 Å². The van der Waals surface area contributed by atoms with Gasteiger partial charge in [0.2, 0.25) is 0 Å². The third-order valence-corrected chi connectivity index (χ3v) is 10.0. The third kappa shape index (κ3) is 5.55. The standard InChI is InChI=1S/C47H35N3O/c1-3-12-31-17-11-19-38(30(31)2)34-22-24-35(25-23-34)45-48-46(37-26-21-32-13-7-8-16-36(32)29-37)50-47(49-45)41-28-27-39(33-14-5-4-6-15-33)44-43(41)40-18-9-10-20-42(40)51-44/h3-28,37H,29H2,1-2H3/b12-3-. The molecule has 0 bridgehead atoms. The molecule has 9 rings (SSSR count). The average Bonchev–Trinajstić information content (AvgIpc) is 3.58. The minimum atomic E-state index is 0.0110. The molecule has 1 unspecified atom stereocenters. The second kappa shape index (κ2) is 12.8. The molecule has 1 aliphatic carbocycles. The van der Waals surface area contributed by atoms with E-state index in [9.17, 15) is 0 Å². The van der Waals surface area contributed by atoms with Crippen molar-refractivity contribution in [3.63, 3.8) is 0 Å². The predicted octanol–water partition coefficient (Wildman–Crippen LogP) is 12.1. The van der Waals surface area contributed by atoms with Crippen LogP contribution in [0.15, 0.2) is 150 Å². The predicted molar refractivity (Wildman–Crippen MR) is 210 cm³/mol. The highest BCUT2D eigenvalue weighted by Gasteiger charge is 2.24. The van der Waals surface area contributed by atoms with Gasteiger partial charge >= 0.3 is 0 Å². The van der Waals surface area contributed by atoms with Gasteiger partial charge < -0.3 is 4.42 Å². The van der Waals surface area contributed by atoms with Crippen LogP contribution >= 0.6 is 0 Å². The molecule has 0 aliphatic heterocycles. The topological polar surface area (TPSA) is 51.8 Å². The summed E-state index contributed by atoms with van der Waals surface area (Å²) >= 11 is 0. The van der Waals surface area contributed by atoms with E-state index in [-0.39, 0.29) is 5.92 Å². The Hall–Kier alpha value is -6.39. The number of hydrogen-bond acceptors (Lipinski definition) is 4. The van der Waals surface area contributed by atoms with Gasteiger partial charge in [0.25, 0.3) is 0 Å². The second-order valence-electron chi connectivity index (χ2n) is 13.1. The van der Waals surface area contributed by atoms with Crippen molar-refractivity contribution in [3.05, 3.63) is 174 Å². The molecule has 1 aliphatic rings. The van der Waals surface area contributed by atoms with Crippen molar-refractivity contribution >= 4 is 34.1 Å². The summed E-state index contributed by atoms with van der Waals surface area (Å²) in [5.74, 6) is 2.06. The normalized spacial score (nSPS) is 14.0. The largest absolute Gasteiger partial charge is 0.455 e. The second-order valence-corrected chi connectivity index (χ2v) is 13.1. The molecule has 244 valence electrons. The Labute approximate surface area is 297 Å². The minimum absolute atomic E-state index is 0.0110. The van der Waals surface area contributed by atoms with Gasteiger partial charge in [0.15, 0.2) is 11.6 Å². The summed E-state index contributed by atoms with van der Waals surface area (Å²) in [5, 5.41) is 2.04. The number of aromatic nitrogens is 3. The van der Waals surface area contributed by atoms with Gasteiger partial charge in [0.1, 0.15) is 17.0 Å². The maximum atomic E-state index is 6.60. The lowest BCUT2D eigenvalue weighted by molar-refractivity contribution is 0.670. The first-order valence-electron chi connectivity index (χ1n) is 17.5. The Morgan fingerprint density at radius 1 is 0.627 bits per heavy atom. The van der Waals surface area contributed by atoms with Crippen LogP contribution in [-0.2, 0) is 6.42 Å². The van der Waals surface area contributed by atoms with Gasteiger partial charge in [-0.15, -0.1) is 0 Å².